The molecule has 2 heterocycles. The molecule has 0 spiro atoms. The number of morpholine rings is 1. The molecule has 0 amide bonds. The Bertz CT molecular complexity index is 172. The highest BCUT2D eigenvalue weighted by molar-refractivity contribution is 4.76. The van der Waals surface area contributed by atoms with Gasteiger partial charge in [0, 0.05) is 32.3 Å². The fourth-order valence-corrected chi connectivity index (χ4v) is 1.98. The molecule has 82 valence electrons. The van der Waals surface area contributed by atoms with Crippen LogP contribution < -0.4 is 5.32 Å². The number of ether oxygens (including phenoxy) is 2. The summed E-state index contributed by atoms with van der Waals surface area (Å²) in [7, 11) is 2.15. The van der Waals surface area contributed by atoms with Crippen molar-refractivity contribution in [3.05, 3.63) is 0 Å². The second-order valence-corrected chi connectivity index (χ2v) is 4.22. The van der Waals surface area contributed by atoms with Crippen molar-refractivity contribution in [3.63, 3.8) is 0 Å². The lowest BCUT2D eigenvalue weighted by atomic mass is 10.2. The number of nitrogens with zero attached hydrogens (tertiary/aromatic N) is 1. The van der Waals surface area contributed by atoms with Crippen molar-refractivity contribution in [1.29, 1.82) is 0 Å². The van der Waals surface area contributed by atoms with Crippen molar-refractivity contribution in [3.8, 4) is 0 Å². The van der Waals surface area contributed by atoms with E-state index >= 15 is 0 Å². The first-order valence-electron chi connectivity index (χ1n) is 5.46. The molecule has 2 atom stereocenters. The van der Waals surface area contributed by atoms with E-state index < -0.39 is 0 Å². The lowest BCUT2D eigenvalue weighted by Crippen LogP contribution is -2.46. The van der Waals surface area contributed by atoms with Crippen LogP contribution in [0.25, 0.3) is 0 Å². The van der Waals surface area contributed by atoms with Crippen LogP contribution in [0.5, 0.6) is 0 Å². The van der Waals surface area contributed by atoms with E-state index in [1.54, 1.807) is 0 Å². The Kier molecular flexibility index (Phi) is 3.75. The molecule has 14 heavy (non-hydrogen) atoms. The highest BCUT2D eigenvalue weighted by atomic mass is 16.5. The van der Waals surface area contributed by atoms with E-state index in [9.17, 15) is 0 Å². The predicted octanol–water partition coefficient (Wildman–Crippen LogP) is -0.304. The van der Waals surface area contributed by atoms with Gasteiger partial charge in [0.25, 0.3) is 0 Å². The van der Waals surface area contributed by atoms with Gasteiger partial charge in [0.1, 0.15) is 0 Å². The predicted molar refractivity (Wildman–Crippen MR) is 54.5 cm³/mol. The molecule has 0 radical (unpaired) electrons. The summed E-state index contributed by atoms with van der Waals surface area (Å²) in [6.07, 6.45) is 1.50. The molecule has 0 bridgehead atoms. The van der Waals surface area contributed by atoms with Crippen molar-refractivity contribution in [1.82, 2.24) is 10.2 Å². The average Bonchev–Trinajstić information content (AvgIpc) is 2.67. The van der Waals surface area contributed by atoms with E-state index in [2.05, 4.69) is 17.3 Å². The first-order valence-corrected chi connectivity index (χ1v) is 5.46. The van der Waals surface area contributed by atoms with Crippen molar-refractivity contribution < 1.29 is 9.47 Å². The van der Waals surface area contributed by atoms with Crippen LogP contribution in [0, 0.1) is 0 Å². The molecule has 2 aliphatic rings. The Hall–Kier alpha value is -0.160. The Labute approximate surface area is 85.5 Å². The molecule has 2 rings (SSSR count). The molecular formula is C10H20N2O2. The zero-order valence-electron chi connectivity index (χ0n) is 8.87. The maximum absolute atomic E-state index is 5.66. The molecule has 0 aromatic rings. The van der Waals surface area contributed by atoms with Gasteiger partial charge >= 0.3 is 0 Å². The van der Waals surface area contributed by atoms with E-state index in [0.29, 0.717) is 12.1 Å². The quantitative estimate of drug-likeness (QED) is 0.678. The molecule has 4 heteroatoms. The van der Waals surface area contributed by atoms with Crippen LogP contribution in [-0.4, -0.2) is 63.5 Å². The minimum atomic E-state index is 0.356. The molecule has 2 aliphatic heterocycles. The standard InChI is InChI=1S/C10H20N2O2/c1-12-3-5-14-10(7-12)6-11-9-2-4-13-8-9/h9-11H,2-8H2,1H3. The van der Waals surface area contributed by atoms with Crippen LogP contribution in [0.2, 0.25) is 0 Å². The average molecular weight is 200 g/mol. The summed E-state index contributed by atoms with van der Waals surface area (Å²) in [6.45, 7) is 5.69. The van der Waals surface area contributed by atoms with Gasteiger partial charge in [-0.25, -0.2) is 0 Å². The van der Waals surface area contributed by atoms with Crippen LogP contribution >= 0.6 is 0 Å². The summed E-state index contributed by atoms with van der Waals surface area (Å²) < 4.78 is 11.0. The molecule has 0 aromatic carbocycles. The summed E-state index contributed by atoms with van der Waals surface area (Å²) in [5, 5.41) is 3.50. The van der Waals surface area contributed by atoms with Gasteiger partial charge in [-0.2, -0.15) is 0 Å². The molecule has 0 aromatic heterocycles. The van der Waals surface area contributed by atoms with Gasteiger partial charge in [-0.3, -0.25) is 0 Å². The Morgan fingerprint density at radius 1 is 1.43 bits per heavy atom. The summed E-state index contributed by atoms with van der Waals surface area (Å²) >= 11 is 0. The zero-order chi connectivity index (χ0) is 9.80. The maximum atomic E-state index is 5.66. The molecule has 2 unspecified atom stereocenters. The highest BCUT2D eigenvalue weighted by Gasteiger charge is 2.20. The molecule has 0 saturated carbocycles. The van der Waals surface area contributed by atoms with Crippen LogP contribution in [0.3, 0.4) is 0 Å². The monoisotopic (exact) mass is 200 g/mol. The fraction of sp³-hybridized carbons (Fsp3) is 1.00. The summed E-state index contributed by atoms with van der Waals surface area (Å²) in [6, 6.07) is 0.547. The topological polar surface area (TPSA) is 33.7 Å². The highest BCUT2D eigenvalue weighted by Crippen LogP contribution is 2.05. The van der Waals surface area contributed by atoms with Gasteiger partial charge in [0.05, 0.1) is 19.3 Å². The van der Waals surface area contributed by atoms with Crippen molar-refractivity contribution in [2.45, 2.75) is 18.6 Å². The van der Waals surface area contributed by atoms with E-state index in [4.69, 9.17) is 9.47 Å². The number of likely N-dealkylation sites (N-methyl/N-ethyl adjacent to an activating group) is 1. The third-order valence-corrected chi connectivity index (χ3v) is 2.91. The van der Waals surface area contributed by atoms with Gasteiger partial charge < -0.3 is 19.7 Å². The van der Waals surface area contributed by atoms with Gasteiger partial charge in [-0.15, -0.1) is 0 Å². The first kappa shape index (κ1) is 10.4. The smallest absolute Gasteiger partial charge is 0.0826 e. The molecule has 2 saturated heterocycles. The third-order valence-electron chi connectivity index (χ3n) is 2.91. The number of nitrogens with one attached hydrogen (secondary N) is 1. The van der Waals surface area contributed by atoms with Crippen LogP contribution in [0.1, 0.15) is 6.42 Å². The van der Waals surface area contributed by atoms with Gasteiger partial charge in [0.2, 0.25) is 0 Å². The molecular weight excluding hydrogens is 180 g/mol. The number of hydrogen-bond donors (Lipinski definition) is 1. The van der Waals surface area contributed by atoms with Gasteiger partial charge in [-0.1, -0.05) is 0 Å². The summed E-state index contributed by atoms with van der Waals surface area (Å²) in [4.78, 5) is 2.32. The van der Waals surface area contributed by atoms with E-state index in [1.165, 1.54) is 0 Å². The van der Waals surface area contributed by atoms with Crippen molar-refractivity contribution in [2.24, 2.45) is 0 Å². The molecule has 2 fully saturated rings. The van der Waals surface area contributed by atoms with Gasteiger partial charge in [0.15, 0.2) is 0 Å². The lowest BCUT2D eigenvalue weighted by molar-refractivity contribution is -0.0193. The van der Waals surface area contributed by atoms with Crippen molar-refractivity contribution >= 4 is 0 Å². The zero-order valence-corrected chi connectivity index (χ0v) is 8.87. The van der Waals surface area contributed by atoms with E-state index in [-0.39, 0.29) is 0 Å². The Morgan fingerprint density at radius 2 is 2.36 bits per heavy atom. The normalized spacial score (nSPS) is 34.9. The molecule has 1 N–H and O–H groups in total. The Morgan fingerprint density at radius 3 is 3.07 bits per heavy atom. The third kappa shape index (κ3) is 2.92. The second-order valence-electron chi connectivity index (χ2n) is 4.22. The number of hydrogen-bond acceptors (Lipinski definition) is 4. The van der Waals surface area contributed by atoms with Crippen LogP contribution in [0.15, 0.2) is 0 Å². The van der Waals surface area contributed by atoms with E-state index in [1.807, 2.05) is 0 Å². The maximum Gasteiger partial charge on any atom is 0.0826 e. The Balaban J connectivity index is 1.64. The lowest BCUT2D eigenvalue weighted by Gasteiger charge is -2.30. The SMILES string of the molecule is CN1CCOC(CNC2CCOC2)C1. The molecule has 0 aliphatic carbocycles. The second kappa shape index (κ2) is 5.07. The number of rotatable bonds is 3. The van der Waals surface area contributed by atoms with Crippen LogP contribution in [-0.2, 0) is 9.47 Å². The summed E-state index contributed by atoms with van der Waals surface area (Å²) in [5.41, 5.74) is 0. The summed E-state index contributed by atoms with van der Waals surface area (Å²) in [5.74, 6) is 0. The van der Waals surface area contributed by atoms with E-state index in [0.717, 1.165) is 45.9 Å². The van der Waals surface area contributed by atoms with Crippen molar-refractivity contribution in [2.75, 3.05) is 46.5 Å². The molecule has 4 nitrogen and oxygen atoms in total. The fourth-order valence-electron chi connectivity index (χ4n) is 1.98. The van der Waals surface area contributed by atoms with Crippen LogP contribution in [0.4, 0.5) is 0 Å². The minimum absolute atomic E-state index is 0.356. The largest absolute Gasteiger partial charge is 0.380 e. The van der Waals surface area contributed by atoms with Gasteiger partial charge in [-0.05, 0) is 13.5 Å². The minimum Gasteiger partial charge on any atom is -0.380 e. The first-order chi connectivity index (χ1) is 6.84.